The molecule has 0 amide bonds. The van der Waals surface area contributed by atoms with Crippen LogP contribution in [0.15, 0.2) is 53.4 Å². The second-order valence-corrected chi connectivity index (χ2v) is 9.23. The van der Waals surface area contributed by atoms with E-state index in [9.17, 15) is 13.2 Å². The van der Waals surface area contributed by atoms with E-state index in [1.807, 2.05) is 20.8 Å². The molecule has 2 aromatic rings. The van der Waals surface area contributed by atoms with Crippen molar-refractivity contribution in [3.8, 4) is 11.5 Å². The quantitative estimate of drug-likeness (QED) is 0.491. The Morgan fingerprint density at radius 1 is 1.07 bits per heavy atom. The molecule has 1 aliphatic rings. The summed E-state index contributed by atoms with van der Waals surface area (Å²) in [4.78, 5) is 12.7. The minimum absolute atomic E-state index is 0.0498. The van der Waals surface area contributed by atoms with Crippen molar-refractivity contribution in [2.75, 3.05) is 19.7 Å². The van der Waals surface area contributed by atoms with Crippen molar-refractivity contribution < 1.29 is 27.4 Å². The Labute approximate surface area is 177 Å². The van der Waals surface area contributed by atoms with E-state index >= 15 is 0 Å². The molecule has 0 bridgehead atoms. The summed E-state index contributed by atoms with van der Waals surface area (Å²) in [6.45, 7) is 6.69. The zero-order valence-corrected chi connectivity index (χ0v) is 18.2. The highest BCUT2D eigenvalue weighted by atomic mass is 32.2. The van der Waals surface area contributed by atoms with Gasteiger partial charge >= 0.3 is 5.97 Å². The van der Waals surface area contributed by atoms with E-state index in [4.69, 9.17) is 14.2 Å². The number of para-hydroxylation sites is 2. The summed E-state index contributed by atoms with van der Waals surface area (Å²) < 4.78 is 44.3. The maximum Gasteiger partial charge on any atom is 0.343 e. The Hall–Kier alpha value is -2.42. The van der Waals surface area contributed by atoms with Crippen molar-refractivity contribution in [3.63, 3.8) is 0 Å². The number of ether oxygens (including phenoxy) is 3. The molecule has 2 aromatic carbocycles. The lowest BCUT2D eigenvalue weighted by Crippen LogP contribution is -2.48. The number of hydrogen-bond acceptors (Lipinski definition) is 6. The minimum Gasteiger partial charge on any atom is -0.490 e. The van der Waals surface area contributed by atoms with Gasteiger partial charge in [-0.25, -0.2) is 13.2 Å². The third kappa shape index (κ3) is 5.19. The van der Waals surface area contributed by atoms with Gasteiger partial charge in [0.25, 0.3) is 0 Å². The normalized spacial score (nSPS) is 20.0. The van der Waals surface area contributed by atoms with Crippen LogP contribution in [0.4, 0.5) is 0 Å². The van der Waals surface area contributed by atoms with Crippen LogP contribution in [0.1, 0.15) is 37.6 Å². The van der Waals surface area contributed by atoms with Crippen LogP contribution in [-0.4, -0.2) is 50.6 Å². The van der Waals surface area contributed by atoms with Gasteiger partial charge in [-0.05, 0) is 50.6 Å². The fourth-order valence-corrected chi connectivity index (χ4v) is 4.92. The largest absolute Gasteiger partial charge is 0.490 e. The van der Waals surface area contributed by atoms with Crippen LogP contribution in [0.3, 0.4) is 0 Å². The molecule has 1 fully saturated rings. The molecule has 162 valence electrons. The van der Waals surface area contributed by atoms with Gasteiger partial charge in [0.1, 0.15) is 0 Å². The van der Waals surface area contributed by atoms with Crippen molar-refractivity contribution in [1.29, 1.82) is 0 Å². The van der Waals surface area contributed by atoms with Crippen LogP contribution in [0.25, 0.3) is 0 Å². The molecular formula is C22H27NO6S. The van der Waals surface area contributed by atoms with Gasteiger partial charge in [0.15, 0.2) is 11.5 Å². The van der Waals surface area contributed by atoms with Crippen LogP contribution in [0.5, 0.6) is 11.5 Å². The Kier molecular flexibility index (Phi) is 7.12. The van der Waals surface area contributed by atoms with Gasteiger partial charge < -0.3 is 14.2 Å². The number of carbonyl (C=O) groups is 1. The van der Waals surface area contributed by atoms with Crippen LogP contribution in [0, 0.1) is 0 Å². The number of morpholine rings is 1. The number of rotatable bonds is 7. The van der Waals surface area contributed by atoms with Gasteiger partial charge in [-0.3, -0.25) is 0 Å². The number of nitrogens with zero attached hydrogens (tertiary/aromatic N) is 1. The van der Waals surface area contributed by atoms with Crippen LogP contribution in [0.2, 0.25) is 0 Å². The summed E-state index contributed by atoms with van der Waals surface area (Å²) in [6, 6.07) is 12.8. The van der Waals surface area contributed by atoms with Crippen molar-refractivity contribution in [1.82, 2.24) is 4.31 Å². The van der Waals surface area contributed by atoms with E-state index in [-0.39, 0.29) is 35.8 Å². The number of carbonyl (C=O) groups excluding carboxylic acids is 1. The fourth-order valence-electron chi connectivity index (χ4n) is 3.28. The third-order valence-electron chi connectivity index (χ3n) is 4.61. The molecule has 2 atom stereocenters. The zero-order chi connectivity index (χ0) is 21.7. The number of esters is 1. The van der Waals surface area contributed by atoms with Crippen molar-refractivity contribution >= 4 is 16.0 Å². The highest BCUT2D eigenvalue weighted by molar-refractivity contribution is 7.89. The minimum atomic E-state index is -3.76. The topological polar surface area (TPSA) is 82.1 Å². The highest BCUT2D eigenvalue weighted by Crippen LogP contribution is 2.28. The van der Waals surface area contributed by atoms with E-state index in [2.05, 4.69) is 0 Å². The van der Waals surface area contributed by atoms with E-state index in [0.29, 0.717) is 18.1 Å². The van der Waals surface area contributed by atoms with Crippen LogP contribution < -0.4 is 9.47 Å². The maximum absolute atomic E-state index is 13.1. The zero-order valence-electron chi connectivity index (χ0n) is 17.4. The summed E-state index contributed by atoms with van der Waals surface area (Å²) in [5.41, 5.74) is 0.149. The van der Waals surface area contributed by atoms with Crippen molar-refractivity contribution in [3.05, 3.63) is 54.1 Å². The predicted octanol–water partition coefficient (Wildman–Crippen LogP) is 3.49. The first-order valence-corrected chi connectivity index (χ1v) is 11.4. The van der Waals surface area contributed by atoms with E-state index in [1.54, 1.807) is 24.3 Å². The SMILES string of the molecule is CCCOc1ccccc1OC(=O)c1cccc(S(=O)(=O)N2CC(C)OC(C)C2)c1. The molecule has 2 unspecified atom stereocenters. The Balaban J connectivity index is 1.81. The molecule has 0 spiro atoms. The monoisotopic (exact) mass is 433 g/mol. The Morgan fingerprint density at radius 3 is 2.40 bits per heavy atom. The lowest BCUT2D eigenvalue weighted by atomic mass is 10.2. The smallest absolute Gasteiger partial charge is 0.343 e. The standard InChI is InChI=1S/C22H27NO6S/c1-4-12-27-20-10-5-6-11-21(20)29-22(24)18-8-7-9-19(13-18)30(25,26)23-14-16(2)28-17(3)15-23/h5-11,13,16-17H,4,12,14-15H2,1-3H3. The second-order valence-electron chi connectivity index (χ2n) is 7.29. The summed E-state index contributed by atoms with van der Waals surface area (Å²) in [6.07, 6.45) is 0.425. The molecule has 3 rings (SSSR count). The summed E-state index contributed by atoms with van der Waals surface area (Å²) in [7, 11) is -3.76. The third-order valence-corrected chi connectivity index (χ3v) is 6.43. The molecule has 7 nitrogen and oxygen atoms in total. The molecule has 0 saturated carbocycles. The first kappa shape index (κ1) is 22.3. The van der Waals surface area contributed by atoms with Gasteiger partial charge in [0, 0.05) is 13.1 Å². The Bertz CT molecular complexity index is 981. The molecule has 0 aromatic heterocycles. The van der Waals surface area contributed by atoms with E-state index < -0.39 is 16.0 Å². The van der Waals surface area contributed by atoms with Crippen LogP contribution in [-0.2, 0) is 14.8 Å². The molecule has 0 radical (unpaired) electrons. The van der Waals surface area contributed by atoms with Gasteiger partial charge in [0.05, 0.1) is 29.3 Å². The predicted molar refractivity (Wildman–Crippen MR) is 112 cm³/mol. The van der Waals surface area contributed by atoms with Gasteiger partial charge in [-0.2, -0.15) is 4.31 Å². The number of benzene rings is 2. The highest BCUT2D eigenvalue weighted by Gasteiger charge is 2.32. The van der Waals surface area contributed by atoms with E-state index in [0.717, 1.165) is 6.42 Å². The average Bonchev–Trinajstić information content (AvgIpc) is 2.72. The van der Waals surface area contributed by atoms with E-state index in [1.165, 1.54) is 28.6 Å². The number of sulfonamides is 1. The maximum atomic E-state index is 13.1. The summed E-state index contributed by atoms with van der Waals surface area (Å²) in [5, 5.41) is 0. The molecule has 8 heteroatoms. The number of hydrogen-bond donors (Lipinski definition) is 0. The first-order chi connectivity index (χ1) is 14.3. The molecular weight excluding hydrogens is 406 g/mol. The van der Waals surface area contributed by atoms with Gasteiger partial charge in [0.2, 0.25) is 10.0 Å². The average molecular weight is 434 g/mol. The molecule has 0 aliphatic carbocycles. The summed E-state index contributed by atoms with van der Waals surface area (Å²) in [5.74, 6) is 0.108. The van der Waals surface area contributed by atoms with Crippen LogP contribution >= 0.6 is 0 Å². The second kappa shape index (κ2) is 9.59. The van der Waals surface area contributed by atoms with Crippen molar-refractivity contribution in [2.24, 2.45) is 0 Å². The Morgan fingerprint density at radius 2 is 1.73 bits per heavy atom. The van der Waals surface area contributed by atoms with Gasteiger partial charge in [-0.15, -0.1) is 0 Å². The molecule has 1 aliphatic heterocycles. The van der Waals surface area contributed by atoms with Gasteiger partial charge in [-0.1, -0.05) is 25.1 Å². The molecule has 1 heterocycles. The lowest BCUT2D eigenvalue weighted by Gasteiger charge is -2.34. The fraction of sp³-hybridized carbons (Fsp3) is 0.409. The molecule has 30 heavy (non-hydrogen) atoms. The van der Waals surface area contributed by atoms with Crippen molar-refractivity contribution in [2.45, 2.75) is 44.3 Å². The first-order valence-electron chi connectivity index (χ1n) is 10.0. The summed E-state index contributed by atoms with van der Waals surface area (Å²) >= 11 is 0. The lowest BCUT2D eigenvalue weighted by molar-refractivity contribution is -0.0440. The molecule has 0 N–H and O–H groups in total. The molecule has 1 saturated heterocycles.